The van der Waals surface area contributed by atoms with Gasteiger partial charge in [0, 0.05) is 12.1 Å². The average Bonchev–Trinajstić information content (AvgIpc) is 3.02. The number of nitrogens with one attached hydrogen (secondary N) is 1. The predicted octanol–water partition coefficient (Wildman–Crippen LogP) is 2.29. The largest absolute Gasteiger partial charge is 0.301 e. The van der Waals surface area contributed by atoms with Gasteiger partial charge < -0.3 is 4.90 Å². The Balaban J connectivity index is 1.70. The lowest BCUT2D eigenvalue weighted by atomic mass is 9.97. The van der Waals surface area contributed by atoms with Crippen LogP contribution in [0.1, 0.15) is 52.4 Å². The molecular formula is C14H25N3. The molecule has 1 N–H and O–H groups in total. The van der Waals surface area contributed by atoms with Gasteiger partial charge in [-0.25, -0.2) is 0 Å². The van der Waals surface area contributed by atoms with Gasteiger partial charge in [0.05, 0.1) is 6.07 Å². The first-order chi connectivity index (χ1) is 8.13. The molecule has 96 valence electrons. The predicted molar refractivity (Wildman–Crippen MR) is 69.7 cm³/mol. The first-order valence-corrected chi connectivity index (χ1v) is 7.06. The molecule has 1 heterocycles. The number of likely N-dealkylation sites (tertiary alicyclic amines) is 1. The van der Waals surface area contributed by atoms with Crippen LogP contribution in [0.3, 0.4) is 0 Å². The minimum absolute atomic E-state index is 0.301. The highest BCUT2D eigenvalue weighted by Gasteiger charge is 2.32. The fourth-order valence-electron chi connectivity index (χ4n) is 2.80. The van der Waals surface area contributed by atoms with E-state index in [1.54, 1.807) is 0 Å². The monoisotopic (exact) mass is 235 g/mol. The molecular weight excluding hydrogens is 210 g/mol. The third-order valence-corrected chi connectivity index (χ3v) is 4.16. The summed E-state index contributed by atoms with van der Waals surface area (Å²) in [6.45, 7) is 6.78. The zero-order valence-corrected chi connectivity index (χ0v) is 11.2. The van der Waals surface area contributed by atoms with Gasteiger partial charge in [-0.1, -0.05) is 0 Å². The van der Waals surface area contributed by atoms with Crippen molar-refractivity contribution in [1.29, 1.82) is 5.26 Å². The van der Waals surface area contributed by atoms with Gasteiger partial charge in [0.25, 0.3) is 0 Å². The third-order valence-electron chi connectivity index (χ3n) is 4.16. The Morgan fingerprint density at radius 3 is 2.71 bits per heavy atom. The van der Waals surface area contributed by atoms with Crippen LogP contribution in [0.4, 0.5) is 0 Å². The van der Waals surface area contributed by atoms with E-state index in [-0.39, 0.29) is 5.54 Å². The summed E-state index contributed by atoms with van der Waals surface area (Å²) in [6, 6.07) is 3.82. The normalized spacial score (nSPS) is 28.9. The molecule has 0 spiro atoms. The van der Waals surface area contributed by atoms with Crippen molar-refractivity contribution < 1.29 is 0 Å². The van der Waals surface area contributed by atoms with E-state index in [9.17, 15) is 5.26 Å². The molecule has 17 heavy (non-hydrogen) atoms. The van der Waals surface area contributed by atoms with Gasteiger partial charge in [-0.2, -0.15) is 5.26 Å². The van der Waals surface area contributed by atoms with Crippen LogP contribution in [0.5, 0.6) is 0 Å². The van der Waals surface area contributed by atoms with Gasteiger partial charge in [-0.15, -0.1) is 0 Å². The molecule has 2 unspecified atom stereocenters. The second-order valence-corrected chi connectivity index (χ2v) is 5.99. The first-order valence-electron chi connectivity index (χ1n) is 7.06. The lowest BCUT2D eigenvalue weighted by Crippen LogP contribution is -2.43. The van der Waals surface area contributed by atoms with Crippen LogP contribution in [-0.4, -0.2) is 35.6 Å². The molecule has 1 aliphatic heterocycles. The van der Waals surface area contributed by atoms with E-state index >= 15 is 0 Å². The number of rotatable bonds is 6. The molecule has 1 aliphatic carbocycles. The first kappa shape index (κ1) is 12.9. The van der Waals surface area contributed by atoms with E-state index in [1.807, 2.05) is 0 Å². The van der Waals surface area contributed by atoms with E-state index in [4.69, 9.17) is 0 Å². The zero-order chi connectivity index (χ0) is 12.3. The maximum absolute atomic E-state index is 9.28. The van der Waals surface area contributed by atoms with Crippen molar-refractivity contribution >= 4 is 0 Å². The Morgan fingerprint density at radius 1 is 1.41 bits per heavy atom. The molecule has 0 aromatic heterocycles. The van der Waals surface area contributed by atoms with Gasteiger partial charge in [-0.3, -0.25) is 5.32 Å². The van der Waals surface area contributed by atoms with E-state index in [0.717, 1.165) is 25.4 Å². The lowest BCUT2D eigenvalue weighted by Gasteiger charge is -2.26. The second kappa shape index (κ2) is 5.37. The molecule has 2 fully saturated rings. The number of hydrogen-bond acceptors (Lipinski definition) is 3. The highest BCUT2D eigenvalue weighted by Crippen LogP contribution is 2.25. The molecule has 2 atom stereocenters. The van der Waals surface area contributed by atoms with Gasteiger partial charge >= 0.3 is 0 Å². The molecule has 0 bridgehead atoms. The molecule has 0 radical (unpaired) electrons. The van der Waals surface area contributed by atoms with Gasteiger partial charge in [0.1, 0.15) is 5.54 Å². The minimum atomic E-state index is -0.301. The molecule has 0 aromatic carbocycles. The zero-order valence-electron chi connectivity index (χ0n) is 11.2. The average molecular weight is 235 g/mol. The van der Waals surface area contributed by atoms with Crippen molar-refractivity contribution in [2.45, 2.75) is 70.0 Å². The van der Waals surface area contributed by atoms with Crippen LogP contribution in [0.2, 0.25) is 0 Å². The molecule has 1 saturated heterocycles. The van der Waals surface area contributed by atoms with Crippen molar-refractivity contribution in [2.75, 3.05) is 13.1 Å². The molecule has 3 nitrogen and oxygen atoms in total. The van der Waals surface area contributed by atoms with E-state index in [2.05, 4.69) is 30.1 Å². The summed E-state index contributed by atoms with van der Waals surface area (Å²) in [5.74, 6) is 0. The highest BCUT2D eigenvalue weighted by atomic mass is 15.2. The Bertz CT molecular complexity index is 292. The minimum Gasteiger partial charge on any atom is -0.301 e. The van der Waals surface area contributed by atoms with Crippen molar-refractivity contribution in [1.82, 2.24) is 10.2 Å². The summed E-state index contributed by atoms with van der Waals surface area (Å²) < 4.78 is 0. The number of nitriles is 1. The van der Waals surface area contributed by atoms with Crippen LogP contribution >= 0.6 is 0 Å². The Labute approximate surface area is 105 Å². The van der Waals surface area contributed by atoms with Crippen LogP contribution < -0.4 is 5.32 Å². The van der Waals surface area contributed by atoms with Crippen molar-refractivity contribution in [2.24, 2.45) is 0 Å². The second-order valence-electron chi connectivity index (χ2n) is 5.99. The molecule has 1 saturated carbocycles. The van der Waals surface area contributed by atoms with Gasteiger partial charge in [0.2, 0.25) is 0 Å². The van der Waals surface area contributed by atoms with E-state index in [1.165, 1.54) is 32.2 Å². The summed E-state index contributed by atoms with van der Waals surface area (Å²) in [4.78, 5) is 2.56. The topological polar surface area (TPSA) is 39.1 Å². The summed E-state index contributed by atoms with van der Waals surface area (Å²) in [7, 11) is 0. The summed E-state index contributed by atoms with van der Waals surface area (Å²) >= 11 is 0. The van der Waals surface area contributed by atoms with Gasteiger partial charge in [0.15, 0.2) is 0 Å². The highest BCUT2D eigenvalue weighted by molar-refractivity contribution is 5.07. The maximum Gasteiger partial charge on any atom is 0.104 e. The standard InChI is InChI=1S/C14H25N3/c1-12-5-3-9-17(12)10-4-8-14(2,11-15)16-13-6-7-13/h12-13,16H,3-10H2,1-2H3. The van der Waals surface area contributed by atoms with Gasteiger partial charge in [-0.05, 0) is 65.5 Å². The summed E-state index contributed by atoms with van der Waals surface area (Å²) in [5.41, 5.74) is -0.301. The fraction of sp³-hybridized carbons (Fsp3) is 0.929. The molecule has 0 aromatic rings. The fourth-order valence-corrected chi connectivity index (χ4v) is 2.80. The van der Waals surface area contributed by atoms with Crippen molar-refractivity contribution in [3.63, 3.8) is 0 Å². The smallest absolute Gasteiger partial charge is 0.104 e. The van der Waals surface area contributed by atoms with Crippen molar-refractivity contribution in [3.05, 3.63) is 0 Å². The van der Waals surface area contributed by atoms with E-state index in [0.29, 0.717) is 6.04 Å². The van der Waals surface area contributed by atoms with Crippen LogP contribution in [0, 0.1) is 11.3 Å². The number of nitrogens with zero attached hydrogens (tertiary/aromatic N) is 2. The third kappa shape index (κ3) is 3.69. The van der Waals surface area contributed by atoms with Crippen LogP contribution in [-0.2, 0) is 0 Å². The Hall–Kier alpha value is -0.590. The molecule has 3 heteroatoms. The van der Waals surface area contributed by atoms with Crippen LogP contribution in [0.15, 0.2) is 0 Å². The maximum atomic E-state index is 9.28. The van der Waals surface area contributed by atoms with E-state index < -0.39 is 0 Å². The Kier molecular flexibility index (Phi) is 4.06. The quantitative estimate of drug-likeness (QED) is 0.767. The lowest BCUT2D eigenvalue weighted by molar-refractivity contribution is 0.252. The number of hydrogen-bond donors (Lipinski definition) is 1. The SMILES string of the molecule is CC1CCCN1CCCC(C)(C#N)NC1CC1. The molecule has 0 amide bonds. The summed E-state index contributed by atoms with van der Waals surface area (Å²) in [5, 5.41) is 12.8. The van der Waals surface area contributed by atoms with Crippen molar-refractivity contribution in [3.8, 4) is 6.07 Å². The summed E-state index contributed by atoms with van der Waals surface area (Å²) in [6.07, 6.45) is 7.30. The van der Waals surface area contributed by atoms with Crippen LogP contribution in [0.25, 0.3) is 0 Å². The molecule has 2 aliphatic rings. The Morgan fingerprint density at radius 2 is 2.18 bits per heavy atom. The molecule has 2 rings (SSSR count).